The largest absolute Gasteiger partial charge is 0.416 e. The van der Waals surface area contributed by atoms with E-state index in [2.05, 4.69) is 79.6 Å². The topological polar surface area (TPSA) is 342 Å². The molecule has 0 aliphatic rings. The minimum Gasteiger partial charge on any atom is -0.416 e. The van der Waals surface area contributed by atoms with Crippen molar-refractivity contribution >= 4 is 114 Å². The molecule has 6 aromatic heterocycles. The van der Waals surface area contributed by atoms with Gasteiger partial charge < -0.3 is 72.6 Å². The highest BCUT2D eigenvalue weighted by Gasteiger charge is 2.22. The Morgan fingerprint density at radius 3 is 1.24 bits per heavy atom. The standard InChI is InChI=1S/C27H29ClN4O2S.C26H29ClN6O2.C25H27ClN6O3/c1-3-32(4-2)16-21(33)15-31-27(34)18-7-5-17(6-8-18)23-11-12-24(35-23)25-22-13-20(28)10-9-19(22)14-30-26(25)29;1-3-33(4-2)15-20(34)13-31-26(35)17-7-5-16(6-8-17)22-14-30-25(32-22)23-21-11-19(27)10-9-18(21)12-29-24(23)28;1-3-32(4-2)14-19(33)13-29-23(34)15-5-7-16(8-6-15)24-30-31-25(35-24)21-20-11-18(26)10-9-17(20)12-28-22(21)27/h5-14,21,33H,3-4,15-16H2,1-2H3,(H2,29,30)(H,31,34);5-12,14,20,34H,3-4,13,15H2,1-2H3,(H2,28,29)(H,30,32)(H,31,35);5-12,19,33H,3-4,13-14H2,1-2H3,(H2,27,28)(H,29,34). The molecule has 6 aromatic carbocycles. The van der Waals surface area contributed by atoms with Gasteiger partial charge in [-0.15, -0.1) is 21.5 Å². The van der Waals surface area contributed by atoms with E-state index in [1.807, 2.05) is 107 Å². The summed E-state index contributed by atoms with van der Waals surface area (Å²) in [6, 6.07) is 42.1. The van der Waals surface area contributed by atoms with Crippen LogP contribution < -0.4 is 33.2 Å². The molecule has 3 unspecified atom stereocenters. The third-order valence-electron chi connectivity index (χ3n) is 17.8. The first-order valence-corrected chi connectivity index (χ1v) is 36.5. The number of anilines is 3. The number of likely N-dealkylation sites (N-methyl/N-ethyl adjacent to an activating group) is 3. The Morgan fingerprint density at radius 2 is 0.810 bits per heavy atom. The lowest BCUT2D eigenvalue weighted by atomic mass is 10.1. The number of hydrogen-bond acceptors (Lipinski definition) is 20. The normalized spacial score (nSPS) is 12.3. The maximum absolute atomic E-state index is 12.5. The summed E-state index contributed by atoms with van der Waals surface area (Å²) >= 11 is 20.2. The van der Waals surface area contributed by atoms with Crippen LogP contribution in [0, 0.1) is 0 Å². The lowest BCUT2D eigenvalue weighted by molar-refractivity contribution is 0.0866. The van der Waals surface area contributed by atoms with Crippen molar-refractivity contribution in [2.45, 2.75) is 59.9 Å². The van der Waals surface area contributed by atoms with Crippen molar-refractivity contribution in [3.05, 3.63) is 196 Å². The summed E-state index contributed by atoms with van der Waals surface area (Å²) in [5.74, 6) is 1.46. The summed E-state index contributed by atoms with van der Waals surface area (Å²) in [5, 5.41) is 54.3. The molecule has 0 radical (unpaired) electrons. The predicted molar refractivity (Wildman–Crippen MR) is 422 cm³/mol. The highest BCUT2D eigenvalue weighted by molar-refractivity contribution is 7.19. The number of benzene rings is 6. The summed E-state index contributed by atoms with van der Waals surface area (Å²) in [6.45, 7) is 19.6. The number of fused-ring (bicyclic) bond motifs is 3. The van der Waals surface area contributed by atoms with Crippen LogP contribution in [0.15, 0.2) is 169 Å². The fourth-order valence-electron chi connectivity index (χ4n) is 11.8. The highest BCUT2D eigenvalue weighted by atomic mass is 35.5. The van der Waals surface area contributed by atoms with E-state index in [9.17, 15) is 29.7 Å². The Labute approximate surface area is 627 Å². The number of nitrogens with two attached hydrogens (primary N) is 3. The average Bonchev–Trinajstić information content (AvgIpc) is 1.78. The van der Waals surface area contributed by atoms with Gasteiger partial charge in [-0.25, -0.2) is 19.9 Å². The van der Waals surface area contributed by atoms with Gasteiger partial charge in [-0.05, 0) is 158 Å². The van der Waals surface area contributed by atoms with Crippen LogP contribution in [0.4, 0.5) is 17.5 Å². The fourth-order valence-corrected chi connectivity index (χ4v) is 13.4. The predicted octanol–water partition coefficient (Wildman–Crippen LogP) is 12.9. The number of H-pyrrole nitrogens is 1. The van der Waals surface area contributed by atoms with E-state index in [-0.39, 0.29) is 55.0 Å². The van der Waals surface area contributed by atoms with Crippen molar-refractivity contribution in [3.8, 4) is 66.4 Å². The van der Waals surface area contributed by atoms with Gasteiger partial charge in [0.25, 0.3) is 23.6 Å². The first-order chi connectivity index (χ1) is 50.7. The van der Waals surface area contributed by atoms with Gasteiger partial charge in [-0.3, -0.25) is 14.4 Å². The first-order valence-electron chi connectivity index (χ1n) is 34.6. The van der Waals surface area contributed by atoms with Gasteiger partial charge >= 0.3 is 0 Å². The van der Waals surface area contributed by atoms with Crippen LogP contribution in [0.1, 0.15) is 72.6 Å². The number of carbonyl (C=O) groups is 3. The lowest BCUT2D eigenvalue weighted by Gasteiger charge is -2.22. The Bertz CT molecular complexity index is 4430. The van der Waals surface area contributed by atoms with E-state index in [0.717, 1.165) is 104 Å². The molecular weight excluding hydrogens is 1410 g/mol. The molecule has 13 N–H and O–H groups in total. The maximum Gasteiger partial charge on any atom is 0.252 e. The van der Waals surface area contributed by atoms with E-state index in [1.54, 1.807) is 96.8 Å². The van der Waals surface area contributed by atoms with E-state index in [0.29, 0.717) is 85.5 Å². The Hall–Kier alpha value is -9.96. The summed E-state index contributed by atoms with van der Waals surface area (Å²) in [6.07, 6.45) is 4.98. The molecule has 27 heteroatoms. The number of nitrogen functional groups attached to an aromatic ring is 3. The molecular formula is C78H85Cl3N16O7S. The van der Waals surface area contributed by atoms with E-state index < -0.39 is 18.3 Å². The molecule has 0 saturated carbocycles. The molecule has 23 nitrogen and oxygen atoms in total. The molecule has 105 heavy (non-hydrogen) atoms. The molecule has 0 aliphatic carbocycles. The van der Waals surface area contributed by atoms with Crippen molar-refractivity contribution < 1.29 is 34.1 Å². The van der Waals surface area contributed by atoms with Gasteiger partial charge in [-0.1, -0.05) is 119 Å². The second-order valence-corrected chi connectivity index (χ2v) is 27.1. The van der Waals surface area contributed by atoms with Crippen molar-refractivity contribution in [3.63, 3.8) is 0 Å². The minimum atomic E-state index is -0.638. The molecule has 0 aliphatic heterocycles. The van der Waals surface area contributed by atoms with Gasteiger partial charge in [0.15, 0.2) is 0 Å². The molecule has 546 valence electrons. The molecule has 0 fully saturated rings. The van der Waals surface area contributed by atoms with Crippen LogP contribution in [0.2, 0.25) is 15.1 Å². The number of hydrogen-bond donors (Lipinski definition) is 10. The number of halogens is 3. The van der Waals surface area contributed by atoms with Crippen LogP contribution in [0.5, 0.6) is 0 Å². The van der Waals surface area contributed by atoms with Crippen molar-refractivity contribution in [1.82, 2.24) is 65.8 Å². The number of amides is 3. The van der Waals surface area contributed by atoms with Gasteiger partial charge in [0.2, 0.25) is 5.89 Å². The number of thiophene rings is 1. The SMILES string of the molecule is CCN(CC)CC(O)CNC(=O)c1ccc(-c2ccc(-c3c(N)ncc4ccc(Cl)cc34)s2)cc1.CCN(CC)CC(O)CNC(=O)c1ccc(-c2cnc(-c3c(N)ncc4ccc(Cl)cc34)[nH]2)cc1.CCN(CC)CC(O)CNC(=O)c1ccc(-c2nnc(-c3c(N)ncc4ccc(Cl)cc34)o2)cc1. The first kappa shape index (κ1) is 77.6. The molecule has 6 heterocycles. The zero-order chi connectivity index (χ0) is 74.8. The number of nitrogens with zero attached hydrogens (tertiary/aromatic N) is 9. The Morgan fingerprint density at radius 1 is 0.448 bits per heavy atom. The van der Waals surface area contributed by atoms with Crippen LogP contribution in [-0.2, 0) is 0 Å². The number of carbonyl (C=O) groups excluding carboxylic acids is 3. The summed E-state index contributed by atoms with van der Waals surface area (Å²) in [4.78, 5) is 66.6. The smallest absolute Gasteiger partial charge is 0.252 e. The van der Waals surface area contributed by atoms with Crippen LogP contribution >= 0.6 is 46.1 Å². The van der Waals surface area contributed by atoms with Gasteiger partial charge in [0.05, 0.1) is 41.3 Å². The maximum atomic E-state index is 12.5. The van der Waals surface area contributed by atoms with Crippen molar-refractivity contribution in [1.29, 1.82) is 0 Å². The Balaban J connectivity index is 0.000000169. The number of rotatable bonds is 27. The Kier molecular flexibility index (Phi) is 27.1. The summed E-state index contributed by atoms with van der Waals surface area (Å²) < 4.78 is 5.90. The number of nitrogens with one attached hydrogen (secondary N) is 4. The van der Waals surface area contributed by atoms with Crippen LogP contribution in [-0.4, -0.2) is 180 Å². The van der Waals surface area contributed by atoms with Gasteiger partial charge in [-0.2, -0.15) is 0 Å². The molecule has 12 aromatic rings. The molecule has 0 bridgehead atoms. The highest BCUT2D eigenvalue weighted by Crippen LogP contribution is 2.42. The van der Waals surface area contributed by atoms with Crippen molar-refractivity contribution in [2.24, 2.45) is 0 Å². The van der Waals surface area contributed by atoms with Crippen LogP contribution in [0.3, 0.4) is 0 Å². The van der Waals surface area contributed by atoms with Gasteiger partial charge in [0.1, 0.15) is 23.3 Å². The van der Waals surface area contributed by atoms with E-state index >= 15 is 0 Å². The lowest BCUT2D eigenvalue weighted by Crippen LogP contribution is -2.40. The number of imidazole rings is 1. The monoisotopic (exact) mass is 1490 g/mol. The molecule has 12 rings (SSSR count). The quantitative estimate of drug-likeness (QED) is 0.0229. The number of pyridine rings is 3. The average molecular weight is 1500 g/mol. The van der Waals surface area contributed by atoms with E-state index in [4.69, 9.17) is 56.4 Å². The third-order valence-corrected chi connectivity index (χ3v) is 19.7. The minimum absolute atomic E-state index is 0.175. The number of aromatic nitrogens is 7. The number of aliphatic hydroxyl groups excluding tert-OH is 3. The molecule has 3 atom stereocenters. The zero-order valence-corrected chi connectivity index (χ0v) is 62.2. The molecule has 0 saturated heterocycles. The zero-order valence-electron chi connectivity index (χ0n) is 59.1. The molecule has 0 spiro atoms. The second kappa shape index (κ2) is 36.6. The van der Waals surface area contributed by atoms with Crippen molar-refractivity contribution in [2.75, 3.05) is 95.7 Å². The second-order valence-electron chi connectivity index (χ2n) is 24.8. The number of aliphatic hydroxyl groups is 3. The third kappa shape index (κ3) is 19.9. The number of aromatic amines is 1. The van der Waals surface area contributed by atoms with E-state index in [1.165, 1.54) is 0 Å². The fraction of sp³-hybridized carbons (Fsp3) is 0.269. The van der Waals surface area contributed by atoms with Gasteiger partial charge in [0, 0.05) is 132 Å². The van der Waals surface area contributed by atoms with Crippen LogP contribution in [0.25, 0.3) is 98.8 Å². The molecule has 3 amide bonds. The summed E-state index contributed by atoms with van der Waals surface area (Å²) in [7, 11) is 0. The summed E-state index contributed by atoms with van der Waals surface area (Å²) in [5.41, 5.74) is 25.5.